The summed E-state index contributed by atoms with van der Waals surface area (Å²) in [4.78, 5) is 13.4. The zero-order chi connectivity index (χ0) is 10.1. The van der Waals surface area contributed by atoms with Crippen LogP contribution in [-0.2, 0) is 9.53 Å². The highest BCUT2D eigenvalue weighted by Crippen LogP contribution is 2.16. The van der Waals surface area contributed by atoms with Gasteiger partial charge in [0.15, 0.2) is 0 Å². The van der Waals surface area contributed by atoms with Gasteiger partial charge in [0.25, 0.3) is 0 Å². The molecule has 0 spiro atoms. The van der Waals surface area contributed by atoms with E-state index in [4.69, 9.17) is 4.74 Å². The van der Waals surface area contributed by atoms with Gasteiger partial charge in [-0.25, -0.2) is 0 Å². The van der Waals surface area contributed by atoms with Crippen molar-refractivity contribution in [1.82, 2.24) is 10.2 Å². The summed E-state index contributed by atoms with van der Waals surface area (Å²) in [7, 11) is 1.86. The van der Waals surface area contributed by atoms with Gasteiger partial charge in [-0.15, -0.1) is 0 Å². The molecule has 2 aliphatic heterocycles. The Morgan fingerprint density at radius 2 is 2.29 bits per heavy atom. The number of carbonyl (C=O) groups excluding carboxylic acids is 1. The minimum atomic E-state index is 0.0224. The second-order valence-corrected chi connectivity index (χ2v) is 4.24. The molecule has 1 amide bonds. The van der Waals surface area contributed by atoms with Crippen LogP contribution in [0.1, 0.15) is 19.8 Å². The summed E-state index contributed by atoms with van der Waals surface area (Å²) >= 11 is 0. The molecule has 2 fully saturated rings. The van der Waals surface area contributed by atoms with Gasteiger partial charge in [-0.2, -0.15) is 0 Å². The van der Waals surface area contributed by atoms with Crippen molar-refractivity contribution in [2.75, 3.05) is 20.2 Å². The summed E-state index contributed by atoms with van der Waals surface area (Å²) in [6.07, 6.45) is 2.20. The normalized spacial score (nSPS) is 38.3. The van der Waals surface area contributed by atoms with Crippen LogP contribution in [0, 0.1) is 0 Å². The van der Waals surface area contributed by atoms with E-state index in [0.29, 0.717) is 6.04 Å². The molecule has 4 heteroatoms. The van der Waals surface area contributed by atoms with Crippen LogP contribution >= 0.6 is 0 Å². The van der Waals surface area contributed by atoms with Crippen molar-refractivity contribution in [1.29, 1.82) is 0 Å². The Morgan fingerprint density at radius 1 is 1.50 bits per heavy atom. The molecule has 2 rings (SSSR count). The fraction of sp³-hybridized carbons (Fsp3) is 0.900. The van der Waals surface area contributed by atoms with Gasteiger partial charge in [0.05, 0.1) is 12.1 Å². The topological polar surface area (TPSA) is 41.6 Å². The van der Waals surface area contributed by atoms with E-state index >= 15 is 0 Å². The molecule has 3 atom stereocenters. The fourth-order valence-electron chi connectivity index (χ4n) is 2.19. The molecule has 80 valence electrons. The lowest BCUT2D eigenvalue weighted by molar-refractivity contribution is -0.128. The highest BCUT2D eigenvalue weighted by Gasteiger charge is 2.33. The molecule has 0 aromatic heterocycles. The molecule has 4 nitrogen and oxygen atoms in total. The predicted octanol–water partition coefficient (Wildman–Crippen LogP) is -0.0159. The third-order valence-corrected chi connectivity index (χ3v) is 3.22. The predicted molar refractivity (Wildman–Crippen MR) is 53.0 cm³/mol. The summed E-state index contributed by atoms with van der Waals surface area (Å²) in [6, 6.07) is 0.379. The second kappa shape index (κ2) is 3.87. The molecule has 2 heterocycles. The molecule has 0 aromatic carbocycles. The smallest absolute Gasteiger partial charge is 0.239 e. The van der Waals surface area contributed by atoms with E-state index in [1.165, 1.54) is 0 Å². The zero-order valence-electron chi connectivity index (χ0n) is 8.82. The maximum absolute atomic E-state index is 11.6. The van der Waals surface area contributed by atoms with Crippen LogP contribution in [0.25, 0.3) is 0 Å². The lowest BCUT2D eigenvalue weighted by Gasteiger charge is -2.20. The van der Waals surface area contributed by atoms with Crippen molar-refractivity contribution < 1.29 is 9.53 Å². The number of hydrogen-bond donors (Lipinski definition) is 1. The number of rotatable bonds is 2. The number of nitrogens with one attached hydrogen (secondary N) is 1. The highest BCUT2D eigenvalue weighted by atomic mass is 16.5. The van der Waals surface area contributed by atoms with Crippen molar-refractivity contribution in [3.8, 4) is 0 Å². The molecule has 14 heavy (non-hydrogen) atoms. The van der Waals surface area contributed by atoms with Gasteiger partial charge in [-0.05, 0) is 19.8 Å². The summed E-state index contributed by atoms with van der Waals surface area (Å²) in [6.45, 7) is 3.75. The minimum Gasteiger partial charge on any atom is -0.377 e. The number of likely N-dealkylation sites (tertiary alicyclic amines) is 1. The molecule has 0 aliphatic carbocycles. The molecular formula is C10H18N2O2. The average molecular weight is 198 g/mol. The first kappa shape index (κ1) is 9.93. The number of carbonyl (C=O) groups is 1. The SMILES string of the molecule is CC1OCCC1NC1CCN(C)C1=O. The van der Waals surface area contributed by atoms with E-state index in [1.807, 2.05) is 7.05 Å². The summed E-state index contributed by atoms with van der Waals surface area (Å²) in [5.41, 5.74) is 0. The Morgan fingerprint density at radius 3 is 2.79 bits per heavy atom. The van der Waals surface area contributed by atoms with Gasteiger partial charge in [-0.1, -0.05) is 0 Å². The van der Waals surface area contributed by atoms with E-state index in [2.05, 4.69) is 12.2 Å². The number of amides is 1. The highest BCUT2D eigenvalue weighted by molar-refractivity contribution is 5.83. The van der Waals surface area contributed by atoms with Gasteiger partial charge >= 0.3 is 0 Å². The molecule has 0 aromatic rings. The van der Waals surface area contributed by atoms with Crippen molar-refractivity contribution in [2.45, 2.75) is 38.0 Å². The zero-order valence-corrected chi connectivity index (χ0v) is 8.82. The average Bonchev–Trinajstić information content (AvgIpc) is 2.68. The van der Waals surface area contributed by atoms with E-state index in [0.717, 1.165) is 26.0 Å². The maximum atomic E-state index is 11.6. The molecule has 0 saturated carbocycles. The lowest BCUT2D eigenvalue weighted by Crippen LogP contribution is -2.45. The van der Waals surface area contributed by atoms with Crippen molar-refractivity contribution in [2.24, 2.45) is 0 Å². The fourth-order valence-corrected chi connectivity index (χ4v) is 2.19. The number of nitrogens with zero attached hydrogens (tertiary/aromatic N) is 1. The molecule has 3 unspecified atom stereocenters. The van der Waals surface area contributed by atoms with E-state index in [1.54, 1.807) is 4.90 Å². The first-order valence-corrected chi connectivity index (χ1v) is 5.31. The summed E-state index contributed by atoms with van der Waals surface area (Å²) in [5.74, 6) is 0.226. The molecule has 1 N–H and O–H groups in total. The van der Waals surface area contributed by atoms with Gasteiger partial charge in [0.2, 0.25) is 5.91 Å². The summed E-state index contributed by atoms with van der Waals surface area (Å²) in [5, 5.41) is 3.39. The largest absolute Gasteiger partial charge is 0.377 e. The van der Waals surface area contributed by atoms with Gasteiger partial charge in [0.1, 0.15) is 0 Å². The van der Waals surface area contributed by atoms with Crippen LogP contribution in [0.3, 0.4) is 0 Å². The molecule has 2 saturated heterocycles. The van der Waals surface area contributed by atoms with Crippen LogP contribution in [0.15, 0.2) is 0 Å². The standard InChI is InChI=1S/C10H18N2O2/c1-7-8(4-6-14-7)11-9-3-5-12(2)10(9)13/h7-9,11H,3-6H2,1-2H3. The van der Waals surface area contributed by atoms with Crippen LogP contribution in [0.2, 0.25) is 0 Å². The number of hydrogen-bond acceptors (Lipinski definition) is 3. The van der Waals surface area contributed by atoms with E-state index < -0.39 is 0 Å². The molecule has 0 bridgehead atoms. The Bertz CT molecular complexity index is 232. The van der Waals surface area contributed by atoms with E-state index in [-0.39, 0.29) is 18.1 Å². The van der Waals surface area contributed by atoms with Crippen molar-refractivity contribution in [3.63, 3.8) is 0 Å². The van der Waals surface area contributed by atoms with Crippen LogP contribution in [0.5, 0.6) is 0 Å². The maximum Gasteiger partial charge on any atom is 0.239 e. The van der Waals surface area contributed by atoms with Gasteiger partial charge in [-0.3, -0.25) is 4.79 Å². The van der Waals surface area contributed by atoms with E-state index in [9.17, 15) is 4.79 Å². The number of ether oxygens (including phenoxy) is 1. The second-order valence-electron chi connectivity index (χ2n) is 4.24. The molecule has 2 aliphatic rings. The third-order valence-electron chi connectivity index (χ3n) is 3.22. The third kappa shape index (κ3) is 1.77. The van der Waals surface area contributed by atoms with Crippen molar-refractivity contribution >= 4 is 5.91 Å². The Hall–Kier alpha value is -0.610. The minimum absolute atomic E-state index is 0.0224. The first-order valence-electron chi connectivity index (χ1n) is 5.31. The molecule has 0 radical (unpaired) electrons. The van der Waals surface area contributed by atoms with Crippen LogP contribution < -0.4 is 5.32 Å². The summed E-state index contributed by atoms with van der Waals surface area (Å²) < 4.78 is 5.45. The quantitative estimate of drug-likeness (QED) is 0.678. The first-order chi connectivity index (χ1) is 6.68. The monoisotopic (exact) mass is 198 g/mol. The Labute approximate surface area is 84.6 Å². The van der Waals surface area contributed by atoms with Gasteiger partial charge in [0, 0.05) is 26.2 Å². The Balaban J connectivity index is 1.88. The van der Waals surface area contributed by atoms with Crippen molar-refractivity contribution in [3.05, 3.63) is 0 Å². The Kier molecular flexibility index (Phi) is 2.74. The van der Waals surface area contributed by atoms with Crippen LogP contribution in [0.4, 0.5) is 0 Å². The molecular weight excluding hydrogens is 180 g/mol. The van der Waals surface area contributed by atoms with Gasteiger partial charge < -0.3 is 15.0 Å². The van der Waals surface area contributed by atoms with Crippen LogP contribution in [-0.4, -0.2) is 49.2 Å². The lowest BCUT2D eigenvalue weighted by atomic mass is 10.1. The number of likely N-dealkylation sites (N-methyl/N-ethyl adjacent to an activating group) is 1.